The maximum atomic E-state index is 12.6. The van der Waals surface area contributed by atoms with E-state index in [4.69, 9.17) is 0 Å². The second-order valence-electron chi connectivity index (χ2n) is 5.56. The van der Waals surface area contributed by atoms with Crippen LogP contribution in [0.5, 0.6) is 0 Å². The zero-order valence-corrected chi connectivity index (χ0v) is 14.5. The maximum Gasteiger partial charge on any atom is 0.241 e. The van der Waals surface area contributed by atoms with Crippen molar-refractivity contribution >= 4 is 28.0 Å². The first-order valence-electron chi connectivity index (χ1n) is 7.46. The molecule has 21 heavy (non-hydrogen) atoms. The lowest BCUT2D eigenvalue weighted by atomic mass is 10.1. The van der Waals surface area contributed by atoms with E-state index in [0.717, 1.165) is 19.3 Å². The lowest BCUT2D eigenvalue weighted by Crippen LogP contribution is -2.33. The molecule has 0 spiro atoms. The number of amides is 1. The van der Waals surface area contributed by atoms with E-state index in [-0.39, 0.29) is 23.4 Å². The predicted octanol–water partition coefficient (Wildman–Crippen LogP) is 2.50. The number of hydrogen-bond acceptors (Lipinski definition) is 4. The van der Waals surface area contributed by atoms with Gasteiger partial charge in [-0.25, -0.2) is 0 Å². The summed E-state index contributed by atoms with van der Waals surface area (Å²) in [5.41, 5.74) is 0. The molecule has 1 N–H and O–H groups in total. The van der Waals surface area contributed by atoms with Crippen molar-refractivity contribution in [3.63, 3.8) is 0 Å². The van der Waals surface area contributed by atoms with E-state index in [2.05, 4.69) is 18.3 Å². The van der Waals surface area contributed by atoms with Crippen LogP contribution in [0.25, 0.3) is 0 Å². The Balaban J connectivity index is 2.09. The summed E-state index contributed by atoms with van der Waals surface area (Å²) in [4.78, 5) is 15.7. The highest BCUT2D eigenvalue weighted by molar-refractivity contribution is 7.84. The number of carbonyl (C=O) groups is 1. The van der Waals surface area contributed by atoms with Gasteiger partial charge in [0.2, 0.25) is 5.91 Å². The Hall–Kier alpha value is -0.720. The average Bonchev–Trinajstić information content (AvgIpc) is 3.06. The van der Waals surface area contributed by atoms with Gasteiger partial charge in [0.15, 0.2) is 0 Å². The number of nitrogens with one attached hydrogen (secondary N) is 1. The van der Waals surface area contributed by atoms with E-state index >= 15 is 0 Å². The minimum Gasteiger partial charge on any atom is -0.321 e. The predicted molar refractivity (Wildman–Crippen MR) is 88.8 cm³/mol. The molecule has 1 aromatic heterocycles. The summed E-state index contributed by atoms with van der Waals surface area (Å²) in [7, 11) is -0.837. The van der Waals surface area contributed by atoms with E-state index in [0.29, 0.717) is 6.54 Å². The van der Waals surface area contributed by atoms with Crippen LogP contribution in [-0.2, 0) is 15.6 Å². The average molecular weight is 329 g/mol. The van der Waals surface area contributed by atoms with Crippen molar-refractivity contribution < 1.29 is 9.00 Å². The molecule has 118 valence electrons. The van der Waals surface area contributed by atoms with Gasteiger partial charge in [-0.15, -0.1) is 11.3 Å². The van der Waals surface area contributed by atoms with Crippen LogP contribution in [0, 0.1) is 0 Å². The summed E-state index contributed by atoms with van der Waals surface area (Å²) < 4.78 is 11.5. The molecule has 0 bridgehead atoms. The van der Waals surface area contributed by atoms with Gasteiger partial charge in [-0.05, 0) is 24.3 Å². The fourth-order valence-corrected chi connectivity index (χ4v) is 3.82. The number of nitrogens with zero attached hydrogens (tertiary/aromatic N) is 1. The third kappa shape index (κ3) is 3.93. The quantitative estimate of drug-likeness (QED) is 0.837. The second-order valence-corrected chi connectivity index (χ2v) is 8.34. The molecule has 0 aliphatic carbocycles. The lowest BCUT2D eigenvalue weighted by molar-refractivity contribution is -0.130. The van der Waals surface area contributed by atoms with Gasteiger partial charge < -0.3 is 4.90 Å². The van der Waals surface area contributed by atoms with Gasteiger partial charge in [0.25, 0.3) is 0 Å². The summed E-state index contributed by atoms with van der Waals surface area (Å²) in [5.74, 6) is 0.185. The fourth-order valence-electron chi connectivity index (χ4n) is 2.58. The fraction of sp³-hybridized carbons (Fsp3) is 0.667. The molecule has 4 nitrogen and oxygen atoms in total. The van der Waals surface area contributed by atoms with E-state index in [1.54, 1.807) is 17.6 Å². The molecule has 0 radical (unpaired) electrons. The monoisotopic (exact) mass is 328 g/mol. The Morgan fingerprint density at radius 1 is 1.52 bits per heavy atom. The molecule has 1 saturated heterocycles. The van der Waals surface area contributed by atoms with Crippen molar-refractivity contribution in [1.29, 1.82) is 0 Å². The molecule has 1 aliphatic heterocycles. The molecule has 4 atom stereocenters. The first kappa shape index (κ1) is 16.6. The zero-order chi connectivity index (χ0) is 15.4. The Bertz CT molecular complexity index is 490. The van der Waals surface area contributed by atoms with Gasteiger partial charge in [0.1, 0.15) is 6.17 Å². The van der Waals surface area contributed by atoms with Crippen LogP contribution in [0.15, 0.2) is 17.5 Å². The topological polar surface area (TPSA) is 49.4 Å². The van der Waals surface area contributed by atoms with Crippen LogP contribution >= 0.6 is 11.3 Å². The van der Waals surface area contributed by atoms with E-state index in [9.17, 15) is 9.00 Å². The molecule has 1 amide bonds. The molecule has 0 saturated carbocycles. The Labute approximate surface area is 133 Å². The molecular formula is C15H24N2O2S2. The highest BCUT2D eigenvalue weighted by Crippen LogP contribution is 2.30. The minimum absolute atomic E-state index is 0.0217. The van der Waals surface area contributed by atoms with Gasteiger partial charge in [0.05, 0.1) is 6.04 Å². The molecule has 0 aromatic carbocycles. The van der Waals surface area contributed by atoms with Crippen LogP contribution in [0.2, 0.25) is 0 Å². The summed E-state index contributed by atoms with van der Waals surface area (Å²) in [6.07, 6.45) is 4.34. The van der Waals surface area contributed by atoms with Gasteiger partial charge >= 0.3 is 0 Å². The zero-order valence-electron chi connectivity index (χ0n) is 12.9. The first-order valence-corrected chi connectivity index (χ1v) is 9.96. The maximum absolute atomic E-state index is 12.6. The van der Waals surface area contributed by atoms with Crippen molar-refractivity contribution in [2.75, 3.05) is 12.8 Å². The van der Waals surface area contributed by atoms with Crippen LogP contribution in [0.3, 0.4) is 0 Å². The van der Waals surface area contributed by atoms with Crippen molar-refractivity contribution in [2.24, 2.45) is 0 Å². The van der Waals surface area contributed by atoms with Crippen LogP contribution < -0.4 is 5.32 Å². The third-order valence-corrected chi connectivity index (χ3v) is 6.28. The standard InChI is InChI=1S/C15H24N2O2S2/c1-4-6-12-15(18)17(9-8-11(2)21(3)19)14(16-12)13-7-5-10-20-13/h5,7,10-12,14,16H,4,6,8-9H2,1-3H3. The summed E-state index contributed by atoms with van der Waals surface area (Å²) >= 11 is 1.67. The van der Waals surface area contributed by atoms with Gasteiger partial charge in [0, 0.05) is 33.7 Å². The molecule has 6 heteroatoms. The molecule has 1 aromatic rings. The number of hydrogen-bond donors (Lipinski definition) is 1. The van der Waals surface area contributed by atoms with E-state index in [1.807, 2.05) is 23.3 Å². The summed E-state index contributed by atoms with van der Waals surface area (Å²) in [5, 5.41) is 5.61. The summed E-state index contributed by atoms with van der Waals surface area (Å²) in [6.45, 7) is 4.74. The molecule has 1 aliphatic rings. The van der Waals surface area contributed by atoms with Gasteiger partial charge in [-0.1, -0.05) is 26.3 Å². The van der Waals surface area contributed by atoms with Crippen molar-refractivity contribution in [2.45, 2.75) is 50.6 Å². The lowest BCUT2D eigenvalue weighted by Gasteiger charge is -2.24. The smallest absolute Gasteiger partial charge is 0.241 e. The molecule has 4 unspecified atom stereocenters. The minimum atomic E-state index is -0.837. The van der Waals surface area contributed by atoms with Crippen molar-refractivity contribution in [3.8, 4) is 0 Å². The van der Waals surface area contributed by atoms with E-state index < -0.39 is 10.8 Å². The Morgan fingerprint density at radius 3 is 2.86 bits per heavy atom. The SMILES string of the molecule is CCCC1NC(c2cccs2)N(CCC(C)S(C)=O)C1=O. The van der Waals surface area contributed by atoms with Crippen molar-refractivity contribution in [1.82, 2.24) is 10.2 Å². The second kappa shape index (κ2) is 7.51. The Morgan fingerprint density at radius 2 is 2.29 bits per heavy atom. The largest absolute Gasteiger partial charge is 0.321 e. The Kier molecular flexibility index (Phi) is 5.96. The highest BCUT2D eigenvalue weighted by atomic mass is 32.2. The number of thiophene rings is 1. The van der Waals surface area contributed by atoms with Gasteiger partial charge in [-0.3, -0.25) is 14.3 Å². The number of rotatable bonds is 7. The van der Waals surface area contributed by atoms with Crippen LogP contribution in [0.1, 0.15) is 44.2 Å². The first-order chi connectivity index (χ1) is 10.0. The normalized spacial score (nSPS) is 25.3. The molecule has 2 rings (SSSR count). The van der Waals surface area contributed by atoms with Crippen LogP contribution in [0.4, 0.5) is 0 Å². The molecular weight excluding hydrogens is 304 g/mol. The van der Waals surface area contributed by atoms with Gasteiger partial charge in [-0.2, -0.15) is 0 Å². The third-order valence-electron chi connectivity index (χ3n) is 3.99. The van der Waals surface area contributed by atoms with Crippen molar-refractivity contribution in [3.05, 3.63) is 22.4 Å². The molecule has 1 fully saturated rings. The summed E-state index contributed by atoms with van der Waals surface area (Å²) in [6, 6.07) is 4.00. The van der Waals surface area contributed by atoms with Crippen LogP contribution in [-0.4, -0.2) is 39.1 Å². The highest BCUT2D eigenvalue weighted by Gasteiger charge is 2.39. The number of carbonyl (C=O) groups excluding carboxylic acids is 1. The molecule has 2 heterocycles. The van der Waals surface area contributed by atoms with E-state index in [1.165, 1.54) is 4.88 Å².